The molecule has 0 radical (unpaired) electrons. The highest BCUT2D eigenvalue weighted by atomic mass is 15.0. The van der Waals surface area contributed by atoms with Crippen LogP contribution < -0.4 is 16.4 Å². The maximum atomic E-state index is 5.54. The van der Waals surface area contributed by atoms with Crippen LogP contribution in [-0.2, 0) is 10.8 Å². The number of nitrogens with zero attached hydrogens (tertiary/aromatic N) is 4. The molecule has 0 aliphatic carbocycles. The summed E-state index contributed by atoms with van der Waals surface area (Å²) in [5, 5.41) is 4.91. The summed E-state index contributed by atoms with van der Waals surface area (Å²) in [4.78, 5) is 11.1. The summed E-state index contributed by atoms with van der Waals surface area (Å²) in [7, 11) is 0. The molecule has 0 amide bonds. The Hall–Kier alpha value is -9.84. The van der Waals surface area contributed by atoms with Gasteiger partial charge in [-0.1, -0.05) is 236 Å². The van der Waals surface area contributed by atoms with Gasteiger partial charge in [0.05, 0.1) is 22.4 Å². The summed E-state index contributed by atoms with van der Waals surface area (Å²) in [5.41, 5.74) is 28.0. The number of fused-ring (bicyclic) bond motifs is 10. The molecule has 0 saturated carbocycles. The summed E-state index contributed by atoms with van der Waals surface area (Å²) in [6.45, 7) is 13.6. The molecule has 11 aromatic carbocycles. The lowest BCUT2D eigenvalue weighted by Crippen LogP contribution is -2.59. The van der Waals surface area contributed by atoms with Crippen LogP contribution in [0.3, 0.4) is 0 Å². The van der Waals surface area contributed by atoms with Gasteiger partial charge in [0.25, 0.3) is 6.71 Å². The monoisotopic (exact) mass is 1060 g/mol. The first-order valence-corrected chi connectivity index (χ1v) is 29.2. The number of rotatable bonds is 7. The minimum Gasteiger partial charge on any atom is -0.310 e. The number of hydrogen-bond donors (Lipinski definition) is 0. The van der Waals surface area contributed by atoms with Gasteiger partial charge in [0.15, 0.2) is 5.82 Å². The average Bonchev–Trinajstić information content (AvgIpc) is 3.54. The van der Waals surface area contributed by atoms with Crippen LogP contribution in [0.2, 0.25) is 0 Å². The van der Waals surface area contributed by atoms with Gasteiger partial charge < -0.3 is 9.13 Å². The minimum absolute atomic E-state index is 0.0254. The lowest BCUT2D eigenvalue weighted by atomic mass is 9.34. The molecular weight excluding hydrogens is 1000 g/mol. The van der Waals surface area contributed by atoms with Crippen molar-refractivity contribution in [2.24, 2.45) is 0 Å². The Morgan fingerprint density at radius 3 is 1.04 bits per heavy atom. The van der Waals surface area contributed by atoms with Gasteiger partial charge in [-0.15, -0.1) is 0 Å². The van der Waals surface area contributed by atoms with E-state index in [1.165, 1.54) is 105 Å². The fourth-order valence-corrected chi connectivity index (χ4v) is 13.6. The molecule has 83 heavy (non-hydrogen) atoms. The topological polar surface area (TPSA) is 35.6 Å². The second-order valence-corrected chi connectivity index (χ2v) is 25.0. The van der Waals surface area contributed by atoms with Gasteiger partial charge in [-0.3, -0.25) is 0 Å². The highest BCUT2D eigenvalue weighted by Crippen LogP contribution is 2.45. The zero-order valence-electron chi connectivity index (χ0n) is 47.5. The van der Waals surface area contributed by atoms with Crippen LogP contribution in [0.15, 0.2) is 249 Å². The predicted molar refractivity (Wildman–Crippen MR) is 351 cm³/mol. The lowest BCUT2D eigenvalue weighted by Gasteiger charge is -2.34. The van der Waals surface area contributed by atoms with Gasteiger partial charge in [0.1, 0.15) is 0 Å². The molecule has 0 saturated heterocycles. The van der Waals surface area contributed by atoms with E-state index in [1.807, 2.05) is 0 Å². The van der Waals surface area contributed by atoms with Gasteiger partial charge in [-0.05, 0) is 137 Å². The van der Waals surface area contributed by atoms with E-state index in [4.69, 9.17) is 9.97 Å². The molecule has 0 unspecified atom stereocenters. The molecule has 16 rings (SSSR count). The maximum absolute atomic E-state index is 5.54. The molecule has 0 atom stereocenters. The summed E-state index contributed by atoms with van der Waals surface area (Å²) < 4.78 is 5.19. The molecule has 2 aliphatic heterocycles. The average molecular weight is 1060 g/mol. The van der Waals surface area contributed by atoms with E-state index < -0.39 is 0 Å². The summed E-state index contributed by atoms with van der Waals surface area (Å²) in [5.74, 6) is 0.679. The largest absolute Gasteiger partial charge is 0.310 e. The minimum atomic E-state index is -0.145. The Balaban J connectivity index is 1.06. The van der Waals surface area contributed by atoms with E-state index in [9.17, 15) is 0 Å². The Morgan fingerprint density at radius 2 is 0.651 bits per heavy atom. The van der Waals surface area contributed by atoms with Crippen molar-refractivity contribution < 1.29 is 0 Å². The van der Waals surface area contributed by atoms with E-state index in [1.54, 1.807) is 0 Å². The van der Waals surface area contributed by atoms with E-state index in [2.05, 4.69) is 299 Å². The molecule has 5 heteroatoms. The van der Waals surface area contributed by atoms with Crippen molar-refractivity contribution in [3.05, 3.63) is 260 Å². The van der Waals surface area contributed by atoms with Gasteiger partial charge >= 0.3 is 0 Å². The standard InChI is InChI=1S/C78H59BN4/c1-77(2,3)59-33-27-50(28-34-59)56-41-63-61-39-54(48-19-11-7-12-20-48)31-37-69(61)82-71-45-58(76-80-67(52-23-15-9-16-24-52)47-68(81-76)53-25-17-10-18-26-53)46-72-73(71)79(65(43-56)74(63)82)66-44-57(51-29-35-60(36-30-51)78(4,5)6)42-64-62-40-55(49-21-13-8-14-22-49)32-38-70(62)83(72)75(64)66/h7-47H,1-6H3. The zero-order chi connectivity index (χ0) is 55.9. The van der Waals surface area contributed by atoms with Crippen LogP contribution in [-0.4, -0.2) is 25.8 Å². The second kappa shape index (κ2) is 18.3. The molecule has 0 spiro atoms. The third kappa shape index (κ3) is 7.89. The van der Waals surface area contributed by atoms with Crippen molar-refractivity contribution >= 4 is 66.7 Å². The molecular formula is C78H59BN4. The van der Waals surface area contributed by atoms with Gasteiger partial charge in [0.2, 0.25) is 0 Å². The molecule has 3 aromatic heterocycles. The van der Waals surface area contributed by atoms with E-state index in [-0.39, 0.29) is 17.5 Å². The van der Waals surface area contributed by atoms with E-state index in [0.717, 1.165) is 50.5 Å². The third-order valence-corrected chi connectivity index (χ3v) is 17.8. The van der Waals surface area contributed by atoms with Crippen molar-refractivity contribution in [3.63, 3.8) is 0 Å². The first kappa shape index (κ1) is 49.0. The van der Waals surface area contributed by atoms with Gasteiger partial charge in [-0.25, -0.2) is 9.97 Å². The highest BCUT2D eigenvalue weighted by molar-refractivity contribution is 7.00. The van der Waals surface area contributed by atoms with E-state index >= 15 is 0 Å². The third-order valence-electron chi connectivity index (χ3n) is 17.8. The molecule has 394 valence electrons. The maximum Gasteiger partial charge on any atom is 0.252 e. The summed E-state index contributed by atoms with van der Waals surface area (Å²) in [6, 6.07) is 92.6. The van der Waals surface area contributed by atoms with Crippen molar-refractivity contribution in [3.8, 4) is 89.8 Å². The lowest BCUT2D eigenvalue weighted by molar-refractivity contribution is 0.590. The molecule has 4 nitrogen and oxygen atoms in total. The van der Waals surface area contributed by atoms with Crippen LogP contribution in [0, 0.1) is 0 Å². The fourth-order valence-electron chi connectivity index (χ4n) is 13.6. The number of hydrogen-bond acceptors (Lipinski definition) is 2. The smallest absolute Gasteiger partial charge is 0.252 e. The molecule has 14 aromatic rings. The molecule has 0 bridgehead atoms. The predicted octanol–water partition coefficient (Wildman–Crippen LogP) is 18.1. The fraction of sp³-hybridized carbons (Fsp3) is 0.103. The van der Waals surface area contributed by atoms with Crippen LogP contribution in [0.25, 0.3) is 133 Å². The Kier molecular flexibility index (Phi) is 10.8. The summed E-state index contributed by atoms with van der Waals surface area (Å²) >= 11 is 0. The van der Waals surface area contributed by atoms with E-state index in [0.29, 0.717) is 5.82 Å². The van der Waals surface area contributed by atoms with Crippen LogP contribution in [0.5, 0.6) is 0 Å². The normalized spacial score (nSPS) is 12.7. The zero-order valence-corrected chi connectivity index (χ0v) is 47.5. The van der Waals surface area contributed by atoms with Crippen molar-refractivity contribution in [1.29, 1.82) is 0 Å². The Labute approximate surface area is 485 Å². The van der Waals surface area contributed by atoms with Crippen molar-refractivity contribution in [2.75, 3.05) is 0 Å². The van der Waals surface area contributed by atoms with Crippen molar-refractivity contribution in [2.45, 2.75) is 52.4 Å². The quantitative estimate of drug-likeness (QED) is 0.149. The van der Waals surface area contributed by atoms with Gasteiger partial charge in [0, 0.05) is 60.6 Å². The first-order chi connectivity index (χ1) is 40.4. The number of benzene rings is 11. The molecule has 0 fully saturated rings. The highest BCUT2D eigenvalue weighted by Gasteiger charge is 2.42. The summed E-state index contributed by atoms with van der Waals surface area (Å²) in [6.07, 6.45) is 0. The first-order valence-electron chi connectivity index (χ1n) is 29.2. The molecule has 2 aliphatic rings. The molecule has 0 N–H and O–H groups in total. The van der Waals surface area contributed by atoms with Crippen molar-refractivity contribution in [1.82, 2.24) is 19.1 Å². The Morgan fingerprint density at radius 1 is 0.301 bits per heavy atom. The van der Waals surface area contributed by atoms with Crippen LogP contribution >= 0.6 is 0 Å². The number of aromatic nitrogens is 4. The SMILES string of the molecule is CC(C)(C)c1ccc(-c2cc3c4c(c2)c2cc(-c5ccccc5)ccc2n4-c2cc(-c4nc(-c5ccccc5)cc(-c5ccccc5)n4)cc4c2B3c2cc(-c3ccc(C(C)(C)C)cc3)cc3c5cc(-c6ccccc6)ccc5n-4c23)cc1. The van der Waals surface area contributed by atoms with Crippen LogP contribution in [0.4, 0.5) is 0 Å². The molecule has 5 heterocycles. The second-order valence-electron chi connectivity index (χ2n) is 25.0. The Bertz CT molecular complexity index is 4620. The van der Waals surface area contributed by atoms with Crippen LogP contribution in [0.1, 0.15) is 52.7 Å². The van der Waals surface area contributed by atoms with Gasteiger partial charge in [-0.2, -0.15) is 0 Å².